The summed E-state index contributed by atoms with van der Waals surface area (Å²) in [5.41, 5.74) is 1.81. The quantitative estimate of drug-likeness (QED) is 0.842. The van der Waals surface area contributed by atoms with Crippen LogP contribution >= 0.6 is 0 Å². The van der Waals surface area contributed by atoms with Crippen molar-refractivity contribution in [3.05, 3.63) is 65.2 Å². The molecule has 0 aliphatic rings. The van der Waals surface area contributed by atoms with E-state index in [1.165, 1.54) is 0 Å². The van der Waals surface area contributed by atoms with Crippen LogP contribution in [0.5, 0.6) is 5.75 Å². The molecule has 0 amide bonds. The van der Waals surface area contributed by atoms with Gasteiger partial charge in [0.25, 0.3) is 0 Å². The van der Waals surface area contributed by atoms with Crippen LogP contribution < -0.4 is 0 Å². The van der Waals surface area contributed by atoms with Gasteiger partial charge in [-0.3, -0.25) is 4.79 Å². The van der Waals surface area contributed by atoms with Crippen molar-refractivity contribution in [2.24, 2.45) is 5.92 Å². The number of rotatable bonds is 4. The average molecular weight is 254 g/mol. The number of hydrogen-bond acceptors (Lipinski definition) is 2. The topological polar surface area (TPSA) is 37.3 Å². The van der Waals surface area contributed by atoms with E-state index < -0.39 is 0 Å². The number of ketones is 1. The first-order valence-electron chi connectivity index (χ1n) is 6.50. The van der Waals surface area contributed by atoms with Crippen molar-refractivity contribution >= 4 is 5.78 Å². The molecule has 1 N–H and O–H groups in total. The van der Waals surface area contributed by atoms with Crippen LogP contribution in [0.4, 0.5) is 0 Å². The summed E-state index contributed by atoms with van der Waals surface area (Å²) in [6.45, 7) is 4.18. The molecule has 2 heteroatoms. The highest BCUT2D eigenvalue weighted by Gasteiger charge is 2.16. The Kier molecular flexibility index (Phi) is 4.00. The maximum Gasteiger partial charge on any atom is 0.196 e. The lowest BCUT2D eigenvalue weighted by molar-refractivity contribution is 0.103. The van der Waals surface area contributed by atoms with Crippen LogP contribution in [0.15, 0.2) is 48.5 Å². The van der Waals surface area contributed by atoms with E-state index in [0.29, 0.717) is 17.0 Å². The van der Waals surface area contributed by atoms with Gasteiger partial charge in [0.2, 0.25) is 0 Å². The Balaban J connectivity index is 2.38. The normalized spacial score (nSPS) is 10.7. The first-order chi connectivity index (χ1) is 9.09. The molecule has 0 aromatic heterocycles. The zero-order chi connectivity index (χ0) is 13.8. The fourth-order valence-electron chi connectivity index (χ4n) is 2.12. The van der Waals surface area contributed by atoms with Crippen LogP contribution in [-0.4, -0.2) is 10.9 Å². The lowest BCUT2D eigenvalue weighted by Crippen LogP contribution is -2.04. The third-order valence-electron chi connectivity index (χ3n) is 3.03. The van der Waals surface area contributed by atoms with Gasteiger partial charge in [0.05, 0.1) is 5.56 Å². The minimum Gasteiger partial charge on any atom is -0.507 e. The van der Waals surface area contributed by atoms with Crippen LogP contribution in [0.1, 0.15) is 35.3 Å². The van der Waals surface area contributed by atoms with Gasteiger partial charge in [-0.25, -0.2) is 0 Å². The van der Waals surface area contributed by atoms with Crippen molar-refractivity contribution < 1.29 is 9.90 Å². The fraction of sp³-hybridized carbons (Fsp3) is 0.235. The Bertz CT molecular complexity index is 571. The molecule has 0 aliphatic heterocycles. The highest BCUT2D eigenvalue weighted by Crippen LogP contribution is 2.26. The van der Waals surface area contributed by atoms with E-state index in [0.717, 1.165) is 12.0 Å². The first-order valence-corrected chi connectivity index (χ1v) is 6.50. The monoisotopic (exact) mass is 254 g/mol. The predicted molar refractivity (Wildman–Crippen MR) is 76.5 cm³/mol. The molecule has 2 aromatic carbocycles. The summed E-state index contributed by atoms with van der Waals surface area (Å²) in [4.78, 5) is 12.3. The zero-order valence-electron chi connectivity index (χ0n) is 11.3. The van der Waals surface area contributed by atoms with Gasteiger partial charge in [0.1, 0.15) is 5.75 Å². The van der Waals surface area contributed by atoms with E-state index in [9.17, 15) is 9.90 Å². The Morgan fingerprint density at radius 1 is 1.05 bits per heavy atom. The van der Waals surface area contributed by atoms with Crippen molar-refractivity contribution in [3.8, 4) is 5.75 Å². The zero-order valence-corrected chi connectivity index (χ0v) is 11.3. The van der Waals surface area contributed by atoms with Gasteiger partial charge < -0.3 is 5.11 Å². The molecule has 0 spiro atoms. The number of carbonyl (C=O) groups is 1. The predicted octanol–water partition coefficient (Wildman–Crippen LogP) is 3.82. The maximum absolute atomic E-state index is 12.3. The molecular weight excluding hydrogens is 236 g/mol. The molecule has 0 saturated heterocycles. The lowest BCUT2D eigenvalue weighted by atomic mass is 9.96. The van der Waals surface area contributed by atoms with Gasteiger partial charge in [0, 0.05) is 5.56 Å². The molecule has 0 bridgehead atoms. The van der Waals surface area contributed by atoms with Crippen LogP contribution in [0.3, 0.4) is 0 Å². The van der Waals surface area contributed by atoms with E-state index in [1.807, 2.05) is 30.3 Å². The van der Waals surface area contributed by atoms with Crippen LogP contribution in [0, 0.1) is 5.92 Å². The van der Waals surface area contributed by atoms with Crippen molar-refractivity contribution in [1.82, 2.24) is 0 Å². The van der Waals surface area contributed by atoms with Gasteiger partial charge in [-0.1, -0.05) is 56.3 Å². The summed E-state index contributed by atoms with van der Waals surface area (Å²) in [6, 6.07) is 14.4. The molecule has 0 aliphatic carbocycles. The highest BCUT2D eigenvalue weighted by atomic mass is 16.3. The molecule has 19 heavy (non-hydrogen) atoms. The lowest BCUT2D eigenvalue weighted by Gasteiger charge is -2.11. The van der Waals surface area contributed by atoms with Gasteiger partial charge in [-0.15, -0.1) is 0 Å². The third kappa shape index (κ3) is 3.02. The molecule has 0 atom stereocenters. The number of phenolic OH excluding ortho intramolecular Hbond substituents is 1. The summed E-state index contributed by atoms with van der Waals surface area (Å²) in [5.74, 6) is 0.418. The Morgan fingerprint density at radius 3 is 2.37 bits per heavy atom. The summed E-state index contributed by atoms with van der Waals surface area (Å²) in [5, 5.41) is 10.2. The van der Waals surface area contributed by atoms with Crippen molar-refractivity contribution in [3.63, 3.8) is 0 Å². The second kappa shape index (κ2) is 5.70. The molecule has 2 aromatic rings. The number of aromatic hydroxyl groups is 1. The van der Waals surface area contributed by atoms with Gasteiger partial charge in [-0.2, -0.15) is 0 Å². The molecule has 2 nitrogen and oxygen atoms in total. The summed E-state index contributed by atoms with van der Waals surface area (Å²) in [6.07, 6.45) is 0.766. The highest BCUT2D eigenvalue weighted by molar-refractivity contribution is 6.10. The third-order valence-corrected chi connectivity index (χ3v) is 3.03. The molecule has 0 unspecified atom stereocenters. The minimum absolute atomic E-state index is 0.116. The van der Waals surface area contributed by atoms with Gasteiger partial charge in [0.15, 0.2) is 5.78 Å². The number of benzene rings is 2. The smallest absolute Gasteiger partial charge is 0.196 e. The van der Waals surface area contributed by atoms with E-state index in [4.69, 9.17) is 0 Å². The number of hydrogen-bond donors (Lipinski definition) is 1. The molecule has 98 valence electrons. The van der Waals surface area contributed by atoms with Crippen molar-refractivity contribution in [2.75, 3.05) is 0 Å². The molecular formula is C17H18O2. The van der Waals surface area contributed by atoms with E-state index in [2.05, 4.69) is 13.8 Å². The molecule has 0 fully saturated rings. The van der Waals surface area contributed by atoms with Crippen LogP contribution in [0.25, 0.3) is 0 Å². The fourth-order valence-corrected chi connectivity index (χ4v) is 2.12. The number of para-hydroxylation sites is 1. The number of carbonyl (C=O) groups excluding carboxylic acids is 1. The number of phenols is 1. The van der Waals surface area contributed by atoms with Gasteiger partial charge >= 0.3 is 0 Å². The second-order valence-electron chi connectivity index (χ2n) is 5.11. The van der Waals surface area contributed by atoms with E-state index in [-0.39, 0.29) is 11.5 Å². The maximum atomic E-state index is 12.3. The van der Waals surface area contributed by atoms with E-state index >= 15 is 0 Å². The minimum atomic E-state index is -0.135. The second-order valence-corrected chi connectivity index (χ2v) is 5.11. The Labute approximate surface area is 113 Å². The van der Waals surface area contributed by atoms with Gasteiger partial charge in [-0.05, 0) is 24.0 Å². The molecule has 0 saturated carbocycles. The van der Waals surface area contributed by atoms with Crippen molar-refractivity contribution in [2.45, 2.75) is 20.3 Å². The Morgan fingerprint density at radius 2 is 1.74 bits per heavy atom. The summed E-state index contributed by atoms with van der Waals surface area (Å²) in [7, 11) is 0. The molecule has 0 radical (unpaired) electrons. The van der Waals surface area contributed by atoms with Crippen LogP contribution in [-0.2, 0) is 6.42 Å². The summed E-state index contributed by atoms with van der Waals surface area (Å²) < 4.78 is 0. The first kappa shape index (κ1) is 13.3. The standard InChI is InChI=1S/C17H18O2/c1-12(2)11-14-9-6-10-15(17(14)19)16(18)13-7-4-3-5-8-13/h3-10,12,19H,11H2,1-2H3. The van der Waals surface area contributed by atoms with E-state index in [1.54, 1.807) is 18.2 Å². The SMILES string of the molecule is CC(C)Cc1cccc(C(=O)c2ccccc2)c1O. The molecule has 2 rings (SSSR count). The largest absolute Gasteiger partial charge is 0.507 e. The average Bonchev–Trinajstić information content (AvgIpc) is 2.41. The molecule has 0 heterocycles. The van der Waals surface area contributed by atoms with Crippen molar-refractivity contribution in [1.29, 1.82) is 0 Å². The van der Waals surface area contributed by atoms with Crippen LogP contribution in [0.2, 0.25) is 0 Å². The summed E-state index contributed by atoms with van der Waals surface area (Å²) >= 11 is 0. The Hall–Kier alpha value is -2.09.